The van der Waals surface area contributed by atoms with E-state index in [9.17, 15) is 5.11 Å². The second-order valence-electron chi connectivity index (χ2n) is 6.21. The molecule has 0 saturated heterocycles. The zero-order chi connectivity index (χ0) is 10.8. The number of rotatable bonds is 5. The average molecular weight is 199 g/mol. The van der Waals surface area contributed by atoms with Crippen LogP contribution in [0.25, 0.3) is 0 Å². The second-order valence-corrected chi connectivity index (χ2v) is 6.21. The Morgan fingerprint density at radius 3 is 2.14 bits per heavy atom. The number of hydrogen-bond donors (Lipinski definition) is 2. The summed E-state index contributed by atoms with van der Waals surface area (Å²) >= 11 is 0. The maximum absolute atomic E-state index is 10.1. The Hall–Kier alpha value is -0.0800. The predicted octanol–water partition coefficient (Wildman–Crippen LogP) is 2.32. The molecule has 2 heteroatoms. The van der Waals surface area contributed by atoms with Gasteiger partial charge in [-0.1, -0.05) is 20.8 Å². The van der Waals surface area contributed by atoms with Gasteiger partial charge in [-0.2, -0.15) is 0 Å². The summed E-state index contributed by atoms with van der Waals surface area (Å²) in [7, 11) is 0. The smallest absolute Gasteiger partial charge is 0.0743 e. The van der Waals surface area contributed by atoms with Crippen molar-refractivity contribution >= 4 is 0 Å². The molecule has 1 saturated carbocycles. The molecule has 0 aromatic heterocycles. The summed E-state index contributed by atoms with van der Waals surface area (Å²) in [4.78, 5) is 0. The van der Waals surface area contributed by atoms with Gasteiger partial charge < -0.3 is 10.4 Å². The van der Waals surface area contributed by atoms with Gasteiger partial charge in [0.05, 0.1) is 5.60 Å². The van der Waals surface area contributed by atoms with Crippen molar-refractivity contribution in [3.05, 3.63) is 0 Å². The summed E-state index contributed by atoms with van der Waals surface area (Å²) < 4.78 is 0. The minimum atomic E-state index is -0.532. The Labute approximate surface area is 88.1 Å². The van der Waals surface area contributed by atoms with Gasteiger partial charge >= 0.3 is 0 Å². The molecule has 0 aromatic rings. The third-order valence-corrected chi connectivity index (χ3v) is 2.76. The van der Waals surface area contributed by atoms with Crippen LogP contribution in [0.3, 0.4) is 0 Å². The molecule has 0 spiro atoms. The van der Waals surface area contributed by atoms with Crippen LogP contribution in [-0.4, -0.2) is 23.3 Å². The molecule has 0 heterocycles. The quantitative estimate of drug-likeness (QED) is 0.712. The molecular weight excluding hydrogens is 174 g/mol. The molecule has 0 amide bonds. The lowest BCUT2D eigenvalue weighted by molar-refractivity contribution is 0.0391. The summed E-state index contributed by atoms with van der Waals surface area (Å²) in [5, 5.41) is 13.5. The van der Waals surface area contributed by atoms with E-state index in [0.29, 0.717) is 11.5 Å². The van der Waals surface area contributed by atoms with Gasteiger partial charge in [-0.25, -0.2) is 0 Å². The third kappa shape index (κ3) is 5.61. The Bertz CT molecular complexity index is 177. The first-order valence-corrected chi connectivity index (χ1v) is 5.74. The summed E-state index contributed by atoms with van der Waals surface area (Å²) in [6, 6.07) is 0.691. The van der Waals surface area contributed by atoms with Crippen molar-refractivity contribution in [1.29, 1.82) is 0 Å². The fraction of sp³-hybridized carbons (Fsp3) is 1.00. The zero-order valence-corrected chi connectivity index (χ0v) is 10.1. The highest BCUT2D eigenvalue weighted by atomic mass is 16.3. The molecule has 0 radical (unpaired) electrons. The van der Waals surface area contributed by atoms with E-state index in [2.05, 4.69) is 26.1 Å². The van der Waals surface area contributed by atoms with Gasteiger partial charge in [-0.3, -0.25) is 0 Å². The summed E-state index contributed by atoms with van der Waals surface area (Å²) in [6.07, 6.45) is 4.53. The molecule has 0 aliphatic heterocycles. The van der Waals surface area contributed by atoms with Crippen LogP contribution in [0, 0.1) is 5.41 Å². The van der Waals surface area contributed by atoms with E-state index >= 15 is 0 Å². The lowest BCUT2D eigenvalue weighted by Gasteiger charge is -2.28. The molecule has 2 N–H and O–H groups in total. The van der Waals surface area contributed by atoms with Crippen molar-refractivity contribution in [2.75, 3.05) is 6.54 Å². The first kappa shape index (κ1) is 12.0. The van der Waals surface area contributed by atoms with E-state index in [1.54, 1.807) is 0 Å². The van der Waals surface area contributed by atoms with Crippen LogP contribution in [0.2, 0.25) is 0 Å². The van der Waals surface area contributed by atoms with E-state index in [1.165, 1.54) is 12.8 Å². The highest BCUT2D eigenvalue weighted by Gasteiger charge is 2.27. The summed E-state index contributed by atoms with van der Waals surface area (Å²) in [5.74, 6) is 0. The van der Waals surface area contributed by atoms with E-state index in [1.807, 2.05) is 6.92 Å². The average Bonchev–Trinajstić information content (AvgIpc) is 2.79. The van der Waals surface area contributed by atoms with E-state index in [0.717, 1.165) is 19.4 Å². The fourth-order valence-corrected chi connectivity index (χ4v) is 1.38. The zero-order valence-electron chi connectivity index (χ0n) is 10.1. The molecule has 1 rings (SSSR count). The molecule has 0 bridgehead atoms. The number of nitrogens with one attached hydrogen (secondary N) is 1. The largest absolute Gasteiger partial charge is 0.389 e. The number of hydrogen-bond acceptors (Lipinski definition) is 2. The SMILES string of the molecule is CC(C)(C)CCC(C)(O)CNC1CC1. The van der Waals surface area contributed by atoms with E-state index in [-0.39, 0.29) is 0 Å². The lowest BCUT2D eigenvalue weighted by Crippen LogP contribution is -2.39. The van der Waals surface area contributed by atoms with Crippen molar-refractivity contribution in [3.63, 3.8) is 0 Å². The minimum absolute atomic E-state index is 0.323. The van der Waals surface area contributed by atoms with Gasteiger partial charge in [0.25, 0.3) is 0 Å². The van der Waals surface area contributed by atoms with Crippen LogP contribution in [0.15, 0.2) is 0 Å². The van der Waals surface area contributed by atoms with Crippen LogP contribution in [0.1, 0.15) is 53.4 Å². The maximum atomic E-state index is 10.1. The number of aliphatic hydroxyl groups is 1. The molecule has 2 nitrogen and oxygen atoms in total. The van der Waals surface area contributed by atoms with Crippen molar-refractivity contribution < 1.29 is 5.11 Å². The Balaban J connectivity index is 2.18. The van der Waals surface area contributed by atoms with Crippen molar-refractivity contribution in [2.24, 2.45) is 5.41 Å². The second kappa shape index (κ2) is 4.19. The van der Waals surface area contributed by atoms with Gasteiger partial charge in [0, 0.05) is 12.6 Å². The Morgan fingerprint density at radius 2 is 1.71 bits per heavy atom. The lowest BCUT2D eigenvalue weighted by atomic mass is 9.85. The first-order valence-electron chi connectivity index (χ1n) is 5.74. The summed E-state index contributed by atoms with van der Waals surface area (Å²) in [6.45, 7) is 9.34. The molecule has 0 aromatic carbocycles. The molecule has 84 valence electrons. The monoisotopic (exact) mass is 199 g/mol. The Morgan fingerprint density at radius 1 is 1.14 bits per heavy atom. The highest BCUT2D eigenvalue weighted by Crippen LogP contribution is 2.26. The van der Waals surface area contributed by atoms with Gasteiger partial charge in [-0.05, 0) is 38.0 Å². The normalized spacial score (nSPS) is 22.1. The topological polar surface area (TPSA) is 32.3 Å². The van der Waals surface area contributed by atoms with Crippen molar-refractivity contribution in [2.45, 2.75) is 65.0 Å². The van der Waals surface area contributed by atoms with Gasteiger partial charge in [0.1, 0.15) is 0 Å². The van der Waals surface area contributed by atoms with E-state index < -0.39 is 5.60 Å². The molecule has 1 aliphatic rings. The van der Waals surface area contributed by atoms with E-state index in [4.69, 9.17) is 0 Å². The maximum Gasteiger partial charge on any atom is 0.0743 e. The standard InChI is InChI=1S/C12H25NO/c1-11(2,3)7-8-12(4,14)9-13-10-5-6-10/h10,13-14H,5-9H2,1-4H3. The molecule has 14 heavy (non-hydrogen) atoms. The van der Waals surface area contributed by atoms with Crippen LogP contribution in [0.5, 0.6) is 0 Å². The highest BCUT2D eigenvalue weighted by molar-refractivity contribution is 4.86. The summed E-state index contributed by atoms with van der Waals surface area (Å²) in [5.41, 5.74) is -0.209. The van der Waals surface area contributed by atoms with Crippen LogP contribution >= 0.6 is 0 Å². The van der Waals surface area contributed by atoms with Gasteiger partial charge in [-0.15, -0.1) is 0 Å². The molecule has 1 fully saturated rings. The van der Waals surface area contributed by atoms with Gasteiger partial charge in [0.2, 0.25) is 0 Å². The molecular formula is C12H25NO. The third-order valence-electron chi connectivity index (χ3n) is 2.76. The Kier molecular flexibility index (Phi) is 3.59. The van der Waals surface area contributed by atoms with Crippen LogP contribution in [-0.2, 0) is 0 Å². The van der Waals surface area contributed by atoms with Crippen molar-refractivity contribution in [1.82, 2.24) is 5.32 Å². The van der Waals surface area contributed by atoms with Crippen molar-refractivity contribution in [3.8, 4) is 0 Å². The molecule has 1 unspecified atom stereocenters. The first-order chi connectivity index (χ1) is 6.29. The molecule has 1 atom stereocenters. The van der Waals surface area contributed by atoms with Crippen LogP contribution < -0.4 is 5.32 Å². The predicted molar refractivity (Wildman–Crippen MR) is 60.3 cm³/mol. The molecule has 1 aliphatic carbocycles. The minimum Gasteiger partial charge on any atom is -0.389 e. The van der Waals surface area contributed by atoms with Gasteiger partial charge in [0.15, 0.2) is 0 Å². The fourth-order valence-electron chi connectivity index (χ4n) is 1.38. The van der Waals surface area contributed by atoms with Crippen LogP contribution in [0.4, 0.5) is 0 Å².